The first-order chi connectivity index (χ1) is 12.5. The lowest BCUT2D eigenvalue weighted by molar-refractivity contribution is -0.113. The molecule has 6 nitrogen and oxygen atoms in total. The van der Waals surface area contributed by atoms with Crippen LogP contribution in [0, 0.1) is 6.92 Å². The van der Waals surface area contributed by atoms with Crippen LogP contribution in [0.2, 0.25) is 5.02 Å². The Kier molecular flexibility index (Phi) is 6.08. The van der Waals surface area contributed by atoms with Gasteiger partial charge in [-0.1, -0.05) is 47.3 Å². The van der Waals surface area contributed by atoms with Gasteiger partial charge in [0, 0.05) is 14.8 Å². The van der Waals surface area contributed by atoms with Crippen molar-refractivity contribution in [2.45, 2.75) is 21.9 Å². The first kappa shape index (κ1) is 18.6. The van der Waals surface area contributed by atoms with Gasteiger partial charge in [-0.15, -0.1) is 10.2 Å². The lowest BCUT2D eigenvalue weighted by Gasteiger charge is -2.10. The summed E-state index contributed by atoms with van der Waals surface area (Å²) in [7, 11) is 0. The van der Waals surface area contributed by atoms with E-state index < -0.39 is 0 Å². The number of nitrogens with two attached hydrogens (primary N) is 1. The van der Waals surface area contributed by atoms with E-state index in [1.54, 1.807) is 18.7 Å². The minimum Gasteiger partial charge on any atom is -0.336 e. The number of nitrogens with zero attached hydrogens (tertiary/aromatic N) is 3. The predicted molar refractivity (Wildman–Crippen MR) is 106 cm³/mol. The quantitative estimate of drug-likeness (QED) is 0.478. The Bertz CT molecular complexity index is 914. The molecule has 1 amide bonds. The molecule has 0 aliphatic heterocycles. The summed E-state index contributed by atoms with van der Waals surface area (Å²) in [5, 5.41) is 11.9. The normalized spacial score (nSPS) is 10.7. The summed E-state index contributed by atoms with van der Waals surface area (Å²) in [5.74, 6) is 6.43. The molecule has 0 unspecified atom stereocenters. The number of rotatable bonds is 6. The van der Waals surface area contributed by atoms with Crippen LogP contribution in [0.25, 0.3) is 0 Å². The molecular formula is C17H16ClN5OS2. The molecule has 0 saturated heterocycles. The van der Waals surface area contributed by atoms with Crippen LogP contribution in [0.5, 0.6) is 0 Å². The van der Waals surface area contributed by atoms with Crippen molar-refractivity contribution in [3.8, 4) is 0 Å². The number of aryl methyl sites for hydroxylation is 1. The van der Waals surface area contributed by atoms with E-state index in [1.807, 2.05) is 48.5 Å². The molecule has 0 atom stereocenters. The molecule has 0 bridgehead atoms. The van der Waals surface area contributed by atoms with Crippen LogP contribution in [0.15, 0.2) is 63.5 Å². The van der Waals surface area contributed by atoms with Crippen molar-refractivity contribution in [2.75, 3.05) is 16.9 Å². The second kappa shape index (κ2) is 8.48. The fraction of sp³-hybridized carbons (Fsp3) is 0.118. The van der Waals surface area contributed by atoms with Crippen LogP contribution in [0.4, 0.5) is 5.69 Å². The SMILES string of the molecule is Cc1nnc(SCC(=O)Nc2ccccc2Sc2ccc(Cl)cc2)n1N. The lowest BCUT2D eigenvalue weighted by Crippen LogP contribution is -2.16. The molecule has 26 heavy (non-hydrogen) atoms. The van der Waals surface area contributed by atoms with Crippen molar-refractivity contribution in [3.05, 3.63) is 59.4 Å². The molecular weight excluding hydrogens is 390 g/mol. The van der Waals surface area contributed by atoms with Gasteiger partial charge in [-0.2, -0.15) is 0 Å². The van der Waals surface area contributed by atoms with E-state index in [4.69, 9.17) is 17.4 Å². The maximum Gasteiger partial charge on any atom is 0.234 e. The molecule has 3 rings (SSSR count). The monoisotopic (exact) mass is 405 g/mol. The van der Waals surface area contributed by atoms with Crippen LogP contribution in [0.3, 0.4) is 0 Å². The van der Waals surface area contributed by atoms with Crippen LogP contribution < -0.4 is 11.2 Å². The number of para-hydroxylation sites is 1. The van der Waals surface area contributed by atoms with Crippen molar-refractivity contribution < 1.29 is 4.79 Å². The minimum absolute atomic E-state index is 0.139. The summed E-state index contributed by atoms with van der Waals surface area (Å²) >= 11 is 8.72. The Morgan fingerprint density at radius 1 is 1.19 bits per heavy atom. The second-order valence-corrected chi connectivity index (χ2v) is 7.78. The van der Waals surface area contributed by atoms with E-state index in [0.29, 0.717) is 16.0 Å². The Labute approximate surface area is 164 Å². The molecule has 0 aliphatic carbocycles. The summed E-state index contributed by atoms with van der Waals surface area (Å²) in [5.41, 5.74) is 0.753. The van der Waals surface area contributed by atoms with Gasteiger partial charge in [0.15, 0.2) is 0 Å². The summed E-state index contributed by atoms with van der Waals surface area (Å²) in [6.45, 7) is 1.75. The van der Waals surface area contributed by atoms with E-state index in [-0.39, 0.29) is 11.7 Å². The number of aromatic nitrogens is 3. The largest absolute Gasteiger partial charge is 0.336 e. The number of anilines is 1. The number of nitrogen functional groups attached to an aromatic ring is 1. The highest BCUT2D eigenvalue weighted by molar-refractivity contribution is 8.00. The zero-order chi connectivity index (χ0) is 18.5. The molecule has 0 aliphatic rings. The highest BCUT2D eigenvalue weighted by Crippen LogP contribution is 2.34. The standard InChI is InChI=1S/C17H16ClN5OS2/c1-11-21-22-17(23(11)19)25-10-16(24)20-14-4-2-3-5-15(14)26-13-8-6-12(18)7-9-13/h2-9H,10,19H2,1H3,(H,20,24). The van der Waals surface area contributed by atoms with Crippen molar-refractivity contribution in [1.82, 2.24) is 14.9 Å². The molecule has 3 aromatic rings. The van der Waals surface area contributed by atoms with E-state index in [2.05, 4.69) is 15.5 Å². The maximum absolute atomic E-state index is 12.3. The van der Waals surface area contributed by atoms with E-state index in [9.17, 15) is 4.79 Å². The zero-order valence-corrected chi connectivity index (χ0v) is 16.2. The molecule has 1 aromatic heterocycles. The molecule has 0 spiro atoms. The van der Waals surface area contributed by atoms with Gasteiger partial charge >= 0.3 is 0 Å². The van der Waals surface area contributed by atoms with Gasteiger partial charge in [-0.3, -0.25) is 4.79 Å². The number of hydrogen-bond donors (Lipinski definition) is 2. The number of halogens is 1. The first-order valence-corrected chi connectivity index (χ1v) is 9.83. The van der Waals surface area contributed by atoms with E-state index in [0.717, 1.165) is 15.5 Å². The number of benzene rings is 2. The minimum atomic E-state index is -0.139. The Hall–Kier alpha value is -2.16. The highest BCUT2D eigenvalue weighted by atomic mass is 35.5. The molecule has 0 fully saturated rings. The molecule has 3 N–H and O–H groups in total. The summed E-state index contributed by atoms with van der Waals surface area (Å²) in [6, 6.07) is 15.2. The highest BCUT2D eigenvalue weighted by Gasteiger charge is 2.12. The number of nitrogens with one attached hydrogen (secondary N) is 1. The predicted octanol–water partition coefficient (Wildman–Crippen LogP) is 3.84. The third-order valence-corrected chi connectivity index (χ3v) is 5.65. The molecule has 134 valence electrons. The van der Waals surface area contributed by atoms with Gasteiger partial charge in [0.1, 0.15) is 5.82 Å². The van der Waals surface area contributed by atoms with Crippen LogP contribution >= 0.6 is 35.1 Å². The van der Waals surface area contributed by atoms with Crippen molar-refractivity contribution in [1.29, 1.82) is 0 Å². The number of carbonyl (C=O) groups is 1. The summed E-state index contributed by atoms with van der Waals surface area (Å²) in [6.07, 6.45) is 0. The smallest absolute Gasteiger partial charge is 0.234 e. The van der Waals surface area contributed by atoms with Gasteiger partial charge in [-0.05, 0) is 43.3 Å². The number of carbonyl (C=O) groups excluding carboxylic acids is 1. The molecule has 2 aromatic carbocycles. The van der Waals surface area contributed by atoms with Crippen LogP contribution in [-0.2, 0) is 4.79 Å². The summed E-state index contributed by atoms with van der Waals surface area (Å²) < 4.78 is 1.36. The average molecular weight is 406 g/mol. The van der Waals surface area contributed by atoms with Gasteiger partial charge < -0.3 is 11.2 Å². The van der Waals surface area contributed by atoms with Crippen molar-refractivity contribution in [2.24, 2.45) is 0 Å². The lowest BCUT2D eigenvalue weighted by atomic mass is 10.3. The molecule has 0 radical (unpaired) electrons. The van der Waals surface area contributed by atoms with E-state index >= 15 is 0 Å². The third kappa shape index (κ3) is 4.72. The van der Waals surface area contributed by atoms with Gasteiger partial charge in [-0.25, -0.2) is 4.68 Å². The first-order valence-electron chi connectivity index (χ1n) is 7.65. The van der Waals surface area contributed by atoms with Crippen molar-refractivity contribution >= 4 is 46.7 Å². The fourth-order valence-electron chi connectivity index (χ4n) is 2.05. The molecule has 9 heteroatoms. The van der Waals surface area contributed by atoms with Gasteiger partial charge in [0.2, 0.25) is 11.1 Å². The fourth-order valence-corrected chi connectivity index (χ4v) is 3.78. The van der Waals surface area contributed by atoms with Gasteiger partial charge in [0.05, 0.1) is 11.4 Å². The number of amides is 1. The second-order valence-electron chi connectivity index (χ2n) is 5.29. The number of thioether (sulfide) groups is 1. The van der Waals surface area contributed by atoms with Gasteiger partial charge in [0.25, 0.3) is 0 Å². The van der Waals surface area contributed by atoms with Crippen LogP contribution in [-0.4, -0.2) is 26.5 Å². The Balaban J connectivity index is 1.64. The Morgan fingerprint density at radius 3 is 2.62 bits per heavy atom. The molecule has 1 heterocycles. The third-order valence-electron chi connectivity index (χ3n) is 3.37. The maximum atomic E-state index is 12.3. The van der Waals surface area contributed by atoms with E-state index in [1.165, 1.54) is 16.4 Å². The van der Waals surface area contributed by atoms with Crippen LogP contribution in [0.1, 0.15) is 5.82 Å². The summed E-state index contributed by atoms with van der Waals surface area (Å²) in [4.78, 5) is 14.3. The molecule has 0 saturated carbocycles. The topological polar surface area (TPSA) is 85.8 Å². The number of hydrogen-bond acceptors (Lipinski definition) is 6. The average Bonchev–Trinajstić information content (AvgIpc) is 2.95. The zero-order valence-electron chi connectivity index (χ0n) is 13.8. The Morgan fingerprint density at radius 2 is 1.92 bits per heavy atom. The van der Waals surface area contributed by atoms with Crippen molar-refractivity contribution in [3.63, 3.8) is 0 Å².